The first kappa shape index (κ1) is 12.0. The molecule has 1 aliphatic rings. The second-order valence-corrected chi connectivity index (χ2v) is 8.32. The highest BCUT2D eigenvalue weighted by atomic mass is 32.3. The molecule has 0 unspecified atom stereocenters. The molecule has 0 fully saturated rings. The molecule has 92 valence electrons. The van der Waals surface area contributed by atoms with Crippen LogP contribution in [0.2, 0.25) is 0 Å². The van der Waals surface area contributed by atoms with Crippen molar-refractivity contribution in [2.75, 3.05) is 12.5 Å². The summed E-state index contributed by atoms with van der Waals surface area (Å²) in [6.45, 7) is 2.17. The van der Waals surface area contributed by atoms with Crippen molar-refractivity contribution in [1.82, 2.24) is 0 Å². The van der Waals surface area contributed by atoms with Gasteiger partial charge in [-0.25, -0.2) is 4.21 Å². The Labute approximate surface area is 101 Å². The predicted octanol–water partition coefficient (Wildman–Crippen LogP) is 1.99. The monoisotopic (exact) mass is 252 g/mol. The molecule has 0 saturated carbocycles. The van der Waals surface area contributed by atoms with E-state index in [-0.39, 0.29) is 0 Å². The van der Waals surface area contributed by atoms with Crippen LogP contribution in [-0.2, 0) is 20.8 Å². The first-order valence-electron chi connectivity index (χ1n) is 5.30. The molecule has 2 rings (SSSR count). The van der Waals surface area contributed by atoms with Crippen molar-refractivity contribution in [2.24, 2.45) is 8.80 Å². The molecule has 1 aromatic carbocycles. The predicted molar refractivity (Wildman–Crippen MR) is 71.8 cm³/mol. The number of ether oxygens (including phenoxy) is 1. The largest absolute Gasteiger partial charge is 0.471 e. The molecule has 0 N–H and O–H groups in total. The Bertz CT molecular complexity index is 555. The average molecular weight is 252 g/mol. The lowest BCUT2D eigenvalue weighted by Gasteiger charge is -2.19. The van der Waals surface area contributed by atoms with E-state index in [0.717, 1.165) is 5.56 Å². The molecule has 1 aliphatic heterocycles. The summed E-state index contributed by atoms with van der Waals surface area (Å²) in [6, 6.07) is 9.78. The third kappa shape index (κ3) is 3.00. The average Bonchev–Trinajstić information content (AvgIpc) is 2.46. The summed E-state index contributed by atoms with van der Waals surface area (Å²) < 4.78 is 25.9. The van der Waals surface area contributed by atoms with E-state index in [1.54, 1.807) is 19.4 Å². The summed E-state index contributed by atoms with van der Waals surface area (Å²) in [5.41, 5.74) is 1.65. The highest BCUT2D eigenvalue weighted by Crippen LogP contribution is 2.27. The van der Waals surface area contributed by atoms with E-state index in [4.69, 9.17) is 4.74 Å². The number of rotatable bonds is 2. The van der Waals surface area contributed by atoms with Gasteiger partial charge < -0.3 is 4.74 Å². The summed E-state index contributed by atoms with van der Waals surface area (Å²) in [5, 5.41) is 0. The van der Waals surface area contributed by atoms with Crippen molar-refractivity contribution in [1.29, 1.82) is 0 Å². The van der Waals surface area contributed by atoms with Crippen molar-refractivity contribution < 1.29 is 8.95 Å². The van der Waals surface area contributed by atoms with Gasteiger partial charge in [0.2, 0.25) is 5.90 Å². The molecule has 17 heavy (non-hydrogen) atoms. The Morgan fingerprint density at radius 3 is 2.35 bits per heavy atom. The van der Waals surface area contributed by atoms with Crippen LogP contribution in [0.3, 0.4) is 0 Å². The zero-order valence-electron chi connectivity index (χ0n) is 10.2. The lowest BCUT2D eigenvalue weighted by Crippen LogP contribution is -2.20. The first-order chi connectivity index (χ1) is 7.83. The first-order valence-corrected chi connectivity index (χ1v) is 8.00. The fraction of sp³-hybridized carbons (Fsp3) is 0.333. The zero-order valence-corrected chi connectivity index (χ0v) is 11.0. The molecular weight excluding hydrogens is 236 g/mol. The maximum Gasteiger partial charge on any atom is 0.245 e. The van der Waals surface area contributed by atoms with E-state index in [0.29, 0.717) is 18.2 Å². The molecule has 0 amide bonds. The van der Waals surface area contributed by atoms with E-state index < -0.39 is 9.44 Å². The topological polar surface area (TPSA) is 51.0 Å². The van der Waals surface area contributed by atoms with Gasteiger partial charge in [-0.1, -0.05) is 30.3 Å². The van der Waals surface area contributed by atoms with Crippen molar-refractivity contribution >= 4 is 21.0 Å². The maximum atomic E-state index is 12.2. The summed E-state index contributed by atoms with van der Waals surface area (Å²) in [7, 11) is -3.22. The van der Waals surface area contributed by atoms with E-state index in [1.807, 2.05) is 30.3 Å². The van der Waals surface area contributed by atoms with E-state index in [9.17, 15) is 4.21 Å². The molecule has 0 bridgehead atoms. The quantitative estimate of drug-likeness (QED) is 0.808. The summed E-state index contributed by atoms with van der Waals surface area (Å²) >= 11 is 0. The smallest absolute Gasteiger partial charge is 0.245 e. The second kappa shape index (κ2) is 3.77. The highest BCUT2D eigenvalue weighted by Gasteiger charge is 2.31. The lowest BCUT2D eigenvalue weighted by molar-refractivity contribution is 0.299. The number of benzene rings is 1. The van der Waals surface area contributed by atoms with Gasteiger partial charge in [0.1, 0.15) is 12.3 Å². The standard InChI is InChI=1S/C12H16N2O2S/c1-10-12(14-17(2,3,15)13-10)16-9-11-7-5-4-6-8-11/h4-8H,9H2,1-3H3. The van der Waals surface area contributed by atoms with Crippen LogP contribution < -0.4 is 0 Å². The molecule has 0 aliphatic carbocycles. The Kier molecular flexibility index (Phi) is 2.66. The third-order valence-corrected chi connectivity index (χ3v) is 3.75. The van der Waals surface area contributed by atoms with Gasteiger partial charge in [-0.3, -0.25) is 0 Å². The van der Waals surface area contributed by atoms with Gasteiger partial charge in [-0.15, -0.1) is 0 Å². The second-order valence-electron chi connectivity index (χ2n) is 4.55. The van der Waals surface area contributed by atoms with Gasteiger partial charge in [-0.05, 0) is 12.5 Å². The van der Waals surface area contributed by atoms with Crippen LogP contribution in [0.5, 0.6) is 0 Å². The molecular formula is C12H16N2O2S. The normalized spacial score (nSPS) is 23.1. The molecule has 0 atom stereocenters. The van der Waals surface area contributed by atoms with Gasteiger partial charge in [0, 0.05) is 12.5 Å². The van der Waals surface area contributed by atoms with Gasteiger partial charge in [0.25, 0.3) is 0 Å². The van der Waals surface area contributed by atoms with Gasteiger partial charge in [0.05, 0.1) is 9.44 Å². The lowest BCUT2D eigenvalue weighted by atomic mass is 10.2. The fourth-order valence-electron chi connectivity index (χ4n) is 1.61. The number of hydrogen-bond donors (Lipinski definition) is 0. The Hall–Kier alpha value is -1.49. The van der Waals surface area contributed by atoms with Crippen LogP contribution in [-0.4, -0.2) is 28.3 Å². The van der Waals surface area contributed by atoms with Crippen LogP contribution >= 0.6 is 0 Å². The SMILES string of the molecule is CC1=NS(C)(C)(=O)N=C1OCc1ccccc1. The van der Waals surface area contributed by atoms with Crippen molar-refractivity contribution in [3.05, 3.63) is 35.9 Å². The minimum Gasteiger partial charge on any atom is -0.471 e. The van der Waals surface area contributed by atoms with Crippen molar-refractivity contribution in [3.63, 3.8) is 0 Å². The fourth-order valence-corrected chi connectivity index (χ4v) is 3.17. The number of nitrogens with zero attached hydrogens (tertiary/aromatic N) is 2. The van der Waals surface area contributed by atoms with Gasteiger partial charge in [0.15, 0.2) is 0 Å². The van der Waals surface area contributed by atoms with Crippen LogP contribution in [0, 0.1) is 0 Å². The maximum absolute atomic E-state index is 12.2. The zero-order chi connectivity index (χ0) is 12.5. The van der Waals surface area contributed by atoms with Crippen LogP contribution in [0.4, 0.5) is 0 Å². The van der Waals surface area contributed by atoms with Gasteiger partial charge in [-0.2, -0.15) is 8.80 Å². The summed E-state index contributed by atoms with van der Waals surface area (Å²) in [6.07, 6.45) is 3.08. The Balaban J connectivity index is 2.10. The van der Waals surface area contributed by atoms with Crippen LogP contribution in [0.25, 0.3) is 0 Å². The molecule has 0 aromatic heterocycles. The van der Waals surface area contributed by atoms with E-state index >= 15 is 0 Å². The van der Waals surface area contributed by atoms with Crippen molar-refractivity contribution in [2.45, 2.75) is 13.5 Å². The minimum absolute atomic E-state index is 0.385. The molecule has 1 heterocycles. The Morgan fingerprint density at radius 2 is 1.82 bits per heavy atom. The van der Waals surface area contributed by atoms with Gasteiger partial charge >= 0.3 is 0 Å². The Morgan fingerprint density at radius 1 is 1.18 bits per heavy atom. The molecule has 1 aromatic rings. The molecule has 4 nitrogen and oxygen atoms in total. The molecule has 0 saturated heterocycles. The number of hydrogen-bond acceptors (Lipinski definition) is 2. The van der Waals surface area contributed by atoms with E-state index in [2.05, 4.69) is 8.80 Å². The minimum atomic E-state index is -3.22. The molecule has 0 radical (unpaired) electrons. The van der Waals surface area contributed by atoms with Crippen molar-refractivity contribution in [3.8, 4) is 0 Å². The molecule has 0 spiro atoms. The van der Waals surface area contributed by atoms with Crippen LogP contribution in [0.15, 0.2) is 39.1 Å². The summed E-state index contributed by atoms with van der Waals surface area (Å²) in [5.74, 6) is 0.385. The summed E-state index contributed by atoms with van der Waals surface area (Å²) in [4.78, 5) is 0. The highest BCUT2D eigenvalue weighted by molar-refractivity contribution is 8.17. The molecule has 5 heteroatoms. The van der Waals surface area contributed by atoms with E-state index in [1.165, 1.54) is 0 Å². The van der Waals surface area contributed by atoms with Crippen LogP contribution in [0.1, 0.15) is 12.5 Å². The third-order valence-electron chi connectivity index (χ3n) is 2.27.